The second-order valence-electron chi connectivity index (χ2n) is 3.80. The molecule has 2 aromatic rings. The molecule has 0 N–H and O–H groups in total. The summed E-state index contributed by atoms with van der Waals surface area (Å²) in [7, 11) is 1.46. The number of rotatable bonds is 4. The molecular formula is C13H10BrFN2O2. The molecule has 0 radical (unpaired) electrons. The highest BCUT2D eigenvalue weighted by Crippen LogP contribution is 2.17. The lowest BCUT2D eigenvalue weighted by atomic mass is 10.1. The third kappa shape index (κ3) is 3.35. The summed E-state index contributed by atoms with van der Waals surface area (Å²) in [4.78, 5) is 12.0. The number of halogens is 2. The van der Waals surface area contributed by atoms with Crippen molar-refractivity contribution in [2.24, 2.45) is 0 Å². The SMILES string of the molecule is COc1ccc(C(=O)Cc2cc(Br)ccc2F)nn1. The average molecular weight is 325 g/mol. The number of hydrogen-bond donors (Lipinski definition) is 0. The lowest BCUT2D eigenvalue weighted by molar-refractivity contribution is 0.0986. The van der Waals surface area contributed by atoms with Gasteiger partial charge in [0.15, 0.2) is 5.78 Å². The van der Waals surface area contributed by atoms with E-state index in [0.29, 0.717) is 11.4 Å². The molecule has 0 aliphatic rings. The number of methoxy groups -OCH3 is 1. The van der Waals surface area contributed by atoms with Gasteiger partial charge in [0, 0.05) is 17.0 Å². The van der Waals surface area contributed by atoms with Crippen molar-refractivity contribution in [1.29, 1.82) is 0 Å². The van der Waals surface area contributed by atoms with Crippen molar-refractivity contribution < 1.29 is 13.9 Å². The molecule has 2 rings (SSSR count). The summed E-state index contributed by atoms with van der Waals surface area (Å²) in [6.07, 6.45) is -0.0632. The van der Waals surface area contributed by atoms with Gasteiger partial charge in [-0.2, -0.15) is 0 Å². The summed E-state index contributed by atoms with van der Waals surface area (Å²) < 4.78 is 19.1. The number of nitrogens with zero attached hydrogens (tertiary/aromatic N) is 2. The molecule has 0 aliphatic carbocycles. The summed E-state index contributed by atoms with van der Waals surface area (Å²) >= 11 is 3.24. The van der Waals surface area contributed by atoms with E-state index in [9.17, 15) is 9.18 Å². The zero-order chi connectivity index (χ0) is 13.8. The normalized spacial score (nSPS) is 10.3. The van der Waals surface area contributed by atoms with Crippen LogP contribution in [0.3, 0.4) is 0 Å². The Bertz CT molecular complexity index is 602. The van der Waals surface area contributed by atoms with Crippen LogP contribution in [0.5, 0.6) is 5.88 Å². The van der Waals surface area contributed by atoms with Crippen molar-refractivity contribution in [2.75, 3.05) is 7.11 Å². The van der Waals surface area contributed by atoms with E-state index in [1.807, 2.05) is 0 Å². The topological polar surface area (TPSA) is 52.1 Å². The van der Waals surface area contributed by atoms with Gasteiger partial charge in [0.1, 0.15) is 11.5 Å². The van der Waals surface area contributed by atoms with E-state index in [-0.39, 0.29) is 17.9 Å². The highest BCUT2D eigenvalue weighted by molar-refractivity contribution is 9.10. The number of aromatic nitrogens is 2. The number of carbonyl (C=O) groups excluding carboxylic acids is 1. The van der Waals surface area contributed by atoms with Gasteiger partial charge in [0.05, 0.1) is 7.11 Å². The first-order valence-corrected chi connectivity index (χ1v) is 6.24. The fourth-order valence-electron chi connectivity index (χ4n) is 1.52. The molecule has 0 unspecified atom stereocenters. The van der Waals surface area contributed by atoms with Gasteiger partial charge in [-0.25, -0.2) is 4.39 Å². The Morgan fingerprint density at radius 2 is 2.11 bits per heavy atom. The van der Waals surface area contributed by atoms with E-state index in [1.54, 1.807) is 12.1 Å². The van der Waals surface area contributed by atoms with Crippen LogP contribution in [0.4, 0.5) is 4.39 Å². The second-order valence-corrected chi connectivity index (χ2v) is 4.71. The first-order valence-electron chi connectivity index (χ1n) is 5.45. The van der Waals surface area contributed by atoms with Crippen molar-refractivity contribution in [1.82, 2.24) is 10.2 Å². The Morgan fingerprint density at radius 3 is 2.74 bits per heavy atom. The van der Waals surface area contributed by atoms with Crippen LogP contribution in [0.2, 0.25) is 0 Å². The fraction of sp³-hybridized carbons (Fsp3) is 0.154. The zero-order valence-corrected chi connectivity index (χ0v) is 11.6. The number of ketones is 1. The molecule has 0 saturated heterocycles. The van der Waals surface area contributed by atoms with E-state index in [4.69, 9.17) is 4.74 Å². The summed E-state index contributed by atoms with van der Waals surface area (Å²) in [5.74, 6) is -0.393. The van der Waals surface area contributed by atoms with Crippen LogP contribution < -0.4 is 4.74 Å². The molecule has 19 heavy (non-hydrogen) atoms. The molecule has 0 atom stereocenters. The van der Waals surface area contributed by atoms with Gasteiger partial charge in [0.2, 0.25) is 5.88 Å². The van der Waals surface area contributed by atoms with Crippen molar-refractivity contribution in [2.45, 2.75) is 6.42 Å². The lowest BCUT2D eigenvalue weighted by Crippen LogP contribution is -2.08. The maximum absolute atomic E-state index is 13.5. The van der Waals surface area contributed by atoms with Crippen LogP contribution in [-0.2, 0) is 6.42 Å². The predicted molar refractivity (Wildman–Crippen MR) is 70.7 cm³/mol. The zero-order valence-electron chi connectivity index (χ0n) is 10.1. The number of carbonyl (C=O) groups is 1. The highest BCUT2D eigenvalue weighted by atomic mass is 79.9. The van der Waals surface area contributed by atoms with Gasteiger partial charge >= 0.3 is 0 Å². The molecule has 0 aliphatic heterocycles. The molecule has 0 amide bonds. The number of Topliss-reactive ketones (excluding diaryl/α,β-unsaturated/α-hetero) is 1. The van der Waals surface area contributed by atoms with Gasteiger partial charge in [0.25, 0.3) is 0 Å². The molecule has 4 nitrogen and oxygen atoms in total. The minimum Gasteiger partial charge on any atom is -0.480 e. The molecular weight excluding hydrogens is 315 g/mol. The Morgan fingerprint density at radius 1 is 1.32 bits per heavy atom. The number of ether oxygens (including phenoxy) is 1. The Hall–Kier alpha value is -1.82. The minimum absolute atomic E-state index is 0.0632. The fourth-order valence-corrected chi connectivity index (χ4v) is 1.93. The molecule has 0 fully saturated rings. The third-order valence-electron chi connectivity index (χ3n) is 2.49. The summed E-state index contributed by atoms with van der Waals surface area (Å²) in [6, 6.07) is 7.51. The molecule has 1 aromatic carbocycles. The molecule has 6 heteroatoms. The van der Waals surface area contributed by atoms with Crippen LogP contribution in [-0.4, -0.2) is 23.1 Å². The quantitative estimate of drug-likeness (QED) is 0.811. The van der Waals surface area contributed by atoms with Crippen LogP contribution >= 0.6 is 15.9 Å². The first-order chi connectivity index (χ1) is 9.10. The standard InChI is InChI=1S/C13H10BrFN2O2/c1-19-13-5-4-11(16-17-13)12(18)7-8-6-9(14)2-3-10(8)15/h2-6H,7H2,1H3. The van der Waals surface area contributed by atoms with Crippen molar-refractivity contribution in [3.8, 4) is 5.88 Å². The Labute approximate surface area is 117 Å². The van der Waals surface area contributed by atoms with Crippen LogP contribution in [0.1, 0.15) is 16.1 Å². The van der Waals surface area contributed by atoms with E-state index in [0.717, 1.165) is 4.47 Å². The molecule has 0 spiro atoms. The summed E-state index contributed by atoms with van der Waals surface area (Å²) in [5.41, 5.74) is 0.497. The van der Waals surface area contributed by atoms with Crippen molar-refractivity contribution >= 4 is 21.7 Å². The van der Waals surface area contributed by atoms with Gasteiger partial charge in [-0.15, -0.1) is 10.2 Å². The summed E-state index contributed by atoms with van der Waals surface area (Å²) in [5, 5.41) is 7.44. The van der Waals surface area contributed by atoms with Gasteiger partial charge in [-0.3, -0.25) is 4.79 Å². The largest absolute Gasteiger partial charge is 0.480 e. The van der Waals surface area contributed by atoms with E-state index in [2.05, 4.69) is 26.1 Å². The molecule has 0 saturated carbocycles. The van der Waals surface area contributed by atoms with Gasteiger partial charge in [-0.05, 0) is 29.8 Å². The predicted octanol–water partition coefficient (Wildman–Crippen LogP) is 2.81. The smallest absolute Gasteiger partial charge is 0.233 e. The van der Waals surface area contributed by atoms with E-state index < -0.39 is 5.82 Å². The number of hydrogen-bond acceptors (Lipinski definition) is 4. The van der Waals surface area contributed by atoms with Crippen molar-refractivity contribution in [3.05, 3.63) is 51.9 Å². The van der Waals surface area contributed by atoms with E-state index in [1.165, 1.54) is 25.3 Å². The molecule has 0 bridgehead atoms. The van der Waals surface area contributed by atoms with Crippen LogP contribution in [0.15, 0.2) is 34.8 Å². The Balaban J connectivity index is 2.18. The highest BCUT2D eigenvalue weighted by Gasteiger charge is 2.13. The van der Waals surface area contributed by atoms with Crippen molar-refractivity contribution in [3.63, 3.8) is 0 Å². The Kier molecular flexibility index (Phi) is 4.21. The molecule has 98 valence electrons. The monoisotopic (exact) mass is 324 g/mol. The first kappa shape index (κ1) is 13.6. The van der Waals surface area contributed by atoms with Crippen LogP contribution in [0.25, 0.3) is 0 Å². The van der Waals surface area contributed by atoms with Crippen LogP contribution in [0, 0.1) is 5.82 Å². The number of benzene rings is 1. The second kappa shape index (κ2) is 5.88. The maximum atomic E-state index is 13.5. The van der Waals surface area contributed by atoms with Gasteiger partial charge in [-0.1, -0.05) is 15.9 Å². The molecule has 1 heterocycles. The molecule has 1 aromatic heterocycles. The average Bonchev–Trinajstić information content (AvgIpc) is 2.43. The lowest BCUT2D eigenvalue weighted by Gasteiger charge is -2.03. The third-order valence-corrected chi connectivity index (χ3v) is 2.99. The maximum Gasteiger partial charge on any atom is 0.233 e. The summed E-state index contributed by atoms with van der Waals surface area (Å²) in [6.45, 7) is 0. The van der Waals surface area contributed by atoms with Gasteiger partial charge < -0.3 is 4.74 Å². The van der Waals surface area contributed by atoms with E-state index >= 15 is 0 Å². The minimum atomic E-state index is -0.418.